The number of thiazole rings is 1. The van der Waals surface area contributed by atoms with E-state index in [1.807, 2.05) is 32.9 Å². The lowest BCUT2D eigenvalue weighted by Crippen LogP contribution is -2.11. The number of hydrogen-bond donors (Lipinski definition) is 0. The fourth-order valence-electron chi connectivity index (χ4n) is 2.14. The molecule has 6 heteroatoms. The Morgan fingerprint density at radius 3 is 2.65 bits per heavy atom. The first-order valence-corrected chi connectivity index (χ1v) is 9.17. The van der Waals surface area contributed by atoms with Crippen molar-refractivity contribution in [1.29, 1.82) is 5.26 Å². The van der Waals surface area contributed by atoms with Crippen molar-refractivity contribution < 1.29 is 9.53 Å². The number of nitriles is 1. The topological polar surface area (TPSA) is 63.0 Å². The van der Waals surface area contributed by atoms with Crippen molar-refractivity contribution in [3.63, 3.8) is 0 Å². The van der Waals surface area contributed by atoms with Crippen molar-refractivity contribution in [2.24, 2.45) is 0 Å². The SMILES string of the molecule is Cc1nc(C)c([C@H](C)OC(=O)CSCc2ccc(C#N)cc2)s1. The van der Waals surface area contributed by atoms with Gasteiger partial charge in [-0.3, -0.25) is 4.79 Å². The quantitative estimate of drug-likeness (QED) is 0.735. The molecule has 1 aromatic heterocycles. The number of carbonyl (C=O) groups is 1. The number of hydrogen-bond acceptors (Lipinski definition) is 6. The Labute approximate surface area is 144 Å². The van der Waals surface area contributed by atoms with Crippen molar-refractivity contribution >= 4 is 29.1 Å². The van der Waals surface area contributed by atoms with Gasteiger partial charge < -0.3 is 4.74 Å². The van der Waals surface area contributed by atoms with Crippen LogP contribution in [-0.4, -0.2) is 16.7 Å². The Kier molecular flexibility index (Phi) is 6.20. The largest absolute Gasteiger partial charge is 0.456 e. The van der Waals surface area contributed by atoms with Crippen LogP contribution in [0.5, 0.6) is 0 Å². The Bertz CT molecular complexity index is 717. The maximum Gasteiger partial charge on any atom is 0.316 e. The van der Waals surface area contributed by atoms with E-state index >= 15 is 0 Å². The average Bonchev–Trinajstić information content (AvgIpc) is 2.86. The van der Waals surface area contributed by atoms with E-state index < -0.39 is 0 Å². The molecule has 0 bridgehead atoms. The lowest BCUT2D eigenvalue weighted by Gasteiger charge is -2.12. The van der Waals surface area contributed by atoms with Gasteiger partial charge in [0.25, 0.3) is 0 Å². The highest BCUT2D eigenvalue weighted by Gasteiger charge is 2.17. The minimum atomic E-state index is -0.260. The van der Waals surface area contributed by atoms with Gasteiger partial charge in [-0.2, -0.15) is 5.26 Å². The third-order valence-electron chi connectivity index (χ3n) is 3.19. The minimum absolute atomic E-state index is 0.221. The summed E-state index contributed by atoms with van der Waals surface area (Å²) in [4.78, 5) is 17.3. The third kappa shape index (κ3) is 5.08. The Morgan fingerprint density at radius 2 is 2.09 bits per heavy atom. The van der Waals surface area contributed by atoms with E-state index in [0.717, 1.165) is 21.1 Å². The van der Waals surface area contributed by atoms with Crippen LogP contribution in [-0.2, 0) is 15.3 Å². The van der Waals surface area contributed by atoms with Crippen LogP contribution < -0.4 is 0 Å². The maximum absolute atomic E-state index is 11.9. The molecule has 0 radical (unpaired) electrons. The molecule has 0 spiro atoms. The van der Waals surface area contributed by atoms with E-state index in [4.69, 9.17) is 10.00 Å². The van der Waals surface area contributed by atoms with Gasteiger partial charge >= 0.3 is 5.97 Å². The number of carbonyl (C=O) groups excluding carboxylic acids is 1. The average molecular weight is 346 g/mol. The molecular weight excluding hydrogens is 328 g/mol. The lowest BCUT2D eigenvalue weighted by molar-refractivity contribution is -0.145. The molecule has 1 atom stereocenters. The summed E-state index contributed by atoms with van der Waals surface area (Å²) in [6, 6.07) is 9.46. The monoisotopic (exact) mass is 346 g/mol. The highest BCUT2D eigenvalue weighted by Crippen LogP contribution is 2.27. The summed E-state index contributed by atoms with van der Waals surface area (Å²) in [6.45, 7) is 5.76. The normalized spacial score (nSPS) is 11.7. The molecule has 4 nitrogen and oxygen atoms in total. The molecule has 23 heavy (non-hydrogen) atoms. The summed E-state index contributed by atoms with van der Waals surface area (Å²) in [5, 5.41) is 9.74. The highest BCUT2D eigenvalue weighted by molar-refractivity contribution is 7.99. The molecule has 0 amide bonds. The second-order valence-electron chi connectivity index (χ2n) is 5.12. The van der Waals surface area contributed by atoms with Crippen molar-refractivity contribution in [1.82, 2.24) is 4.98 Å². The molecule has 120 valence electrons. The predicted octanol–water partition coefficient (Wildman–Crippen LogP) is 4.17. The van der Waals surface area contributed by atoms with Gasteiger partial charge in [0.1, 0.15) is 6.10 Å². The van der Waals surface area contributed by atoms with Crippen LogP contribution in [0, 0.1) is 25.2 Å². The van der Waals surface area contributed by atoms with Crippen molar-refractivity contribution in [3.05, 3.63) is 51.0 Å². The summed E-state index contributed by atoms with van der Waals surface area (Å²) in [6.07, 6.45) is -0.260. The number of nitrogens with zero attached hydrogens (tertiary/aromatic N) is 2. The first-order chi connectivity index (χ1) is 11.0. The fraction of sp³-hybridized carbons (Fsp3) is 0.353. The van der Waals surface area contributed by atoms with Crippen molar-refractivity contribution in [2.75, 3.05) is 5.75 Å². The van der Waals surface area contributed by atoms with Crippen LogP contribution in [0.2, 0.25) is 0 Å². The van der Waals surface area contributed by atoms with Gasteiger partial charge in [0.15, 0.2) is 0 Å². The molecule has 0 saturated heterocycles. The number of rotatable bonds is 6. The van der Waals surface area contributed by atoms with E-state index in [9.17, 15) is 4.79 Å². The molecule has 0 aliphatic rings. The van der Waals surface area contributed by atoms with E-state index in [2.05, 4.69) is 11.1 Å². The summed E-state index contributed by atoms with van der Waals surface area (Å²) >= 11 is 3.07. The molecule has 0 fully saturated rings. The predicted molar refractivity (Wildman–Crippen MR) is 93.4 cm³/mol. The molecule has 1 heterocycles. The number of benzene rings is 1. The van der Waals surface area contributed by atoms with E-state index in [-0.39, 0.29) is 12.1 Å². The van der Waals surface area contributed by atoms with Gasteiger partial charge in [-0.1, -0.05) is 12.1 Å². The van der Waals surface area contributed by atoms with Crippen LogP contribution in [0.4, 0.5) is 0 Å². The van der Waals surface area contributed by atoms with Gasteiger partial charge in [0.05, 0.1) is 33.0 Å². The molecule has 0 aliphatic heterocycles. The second kappa shape index (κ2) is 8.14. The molecule has 0 unspecified atom stereocenters. The number of aryl methyl sites for hydroxylation is 2. The second-order valence-corrected chi connectivity index (χ2v) is 7.34. The van der Waals surface area contributed by atoms with E-state index in [0.29, 0.717) is 17.1 Å². The smallest absolute Gasteiger partial charge is 0.316 e. The Hall–Kier alpha value is -1.84. The zero-order chi connectivity index (χ0) is 16.8. The Balaban J connectivity index is 1.78. The molecule has 0 aliphatic carbocycles. The van der Waals surface area contributed by atoms with E-state index in [1.54, 1.807) is 23.5 Å². The van der Waals surface area contributed by atoms with Crippen LogP contribution >= 0.6 is 23.1 Å². The standard InChI is InChI=1S/C17H18N2O2S2/c1-11-17(23-13(3)19-11)12(2)21-16(20)10-22-9-15-6-4-14(8-18)5-7-15/h4-7,12H,9-10H2,1-3H3/t12-/m0/s1. The number of thioether (sulfide) groups is 1. The van der Waals surface area contributed by atoms with Crippen LogP contribution in [0.25, 0.3) is 0 Å². The van der Waals surface area contributed by atoms with Gasteiger partial charge in [-0.15, -0.1) is 23.1 Å². The molecule has 2 aromatic rings. The minimum Gasteiger partial charge on any atom is -0.456 e. The molecule has 1 aromatic carbocycles. The zero-order valence-corrected chi connectivity index (χ0v) is 15.0. The summed E-state index contributed by atoms with van der Waals surface area (Å²) < 4.78 is 5.47. The van der Waals surface area contributed by atoms with E-state index in [1.165, 1.54) is 11.8 Å². The molecule has 2 rings (SSSR count). The summed E-state index contributed by atoms with van der Waals surface area (Å²) in [7, 11) is 0. The molecule has 0 N–H and O–H groups in total. The van der Waals surface area contributed by atoms with Crippen LogP contribution in [0.15, 0.2) is 24.3 Å². The first-order valence-electron chi connectivity index (χ1n) is 7.19. The lowest BCUT2D eigenvalue weighted by atomic mass is 10.2. The third-order valence-corrected chi connectivity index (χ3v) is 5.40. The highest BCUT2D eigenvalue weighted by atomic mass is 32.2. The number of ether oxygens (including phenoxy) is 1. The zero-order valence-electron chi connectivity index (χ0n) is 13.3. The fourth-order valence-corrected chi connectivity index (χ4v) is 3.81. The molecule has 0 saturated carbocycles. The number of aromatic nitrogens is 1. The maximum atomic E-state index is 11.9. The van der Waals surface area contributed by atoms with Crippen LogP contribution in [0.3, 0.4) is 0 Å². The number of esters is 1. The Morgan fingerprint density at radius 1 is 1.39 bits per heavy atom. The summed E-state index contributed by atoms with van der Waals surface area (Å²) in [5.74, 6) is 0.802. The van der Waals surface area contributed by atoms with Crippen LogP contribution in [0.1, 0.15) is 39.7 Å². The van der Waals surface area contributed by atoms with Gasteiger partial charge in [-0.25, -0.2) is 4.98 Å². The van der Waals surface area contributed by atoms with Gasteiger partial charge in [0.2, 0.25) is 0 Å². The van der Waals surface area contributed by atoms with Gasteiger partial charge in [0, 0.05) is 5.75 Å². The first kappa shape index (κ1) is 17.5. The van der Waals surface area contributed by atoms with Crippen molar-refractivity contribution in [3.8, 4) is 6.07 Å². The van der Waals surface area contributed by atoms with Crippen molar-refractivity contribution in [2.45, 2.75) is 32.6 Å². The molecular formula is C17H18N2O2S2. The summed E-state index contributed by atoms with van der Waals surface area (Å²) in [5.41, 5.74) is 2.66. The van der Waals surface area contributed by atoms with Gasteiger partial charge in [-0.05, 0) is 38.5 Å².